The van der Waals surface area contributed by atoms with Crippen molar-refractivity contribution in [1.29, 1.82) is 0 Å². The second kappa shape index (κ2) is 8.60. The Morgan fingerprint density at radius 2 is 1.19 bits per heavy atom. The molecule has 31 heavy (non-hydrogen) atoms. The van der Waals surface area contributed by atoms with Crippen molar-refractivity contribution in [2.75, 3.05) is 0 Å². The van der Waals surface area contributed by atoms with Gasteiger partial charge in [0.2, 0.25) is 0 Å². The fraction of sp³-hybridized carbons (Fsp3) is 0.379. The predicted molar refractivity (Wildman–Crippen MR) is 135 cm³/mol. The van der Waals surface area contributed by atoms with Crippen molar-refractivity contribution in [3.05, 3.63) is 98.1 Å². The van der Waals surface area contributed by atoms with Gasteiger partial charge >= 0.3 is 198 Å². The minimum atomic E-state index is -1.95. The van der Waals surface area contributed by atoms with Gasteiger partial charge < -0.3 is 0 Å². The first-order chi connectivity index (χ1) is 14.7. The van der Waals surface area contributed by atoms with Crippen molar-refractivity contribution in [1.82, 2.24) is 0 Å². The second-order valence-corrected chi connectivity index (χ2v) is 27.7. The molecule has 0 aromatic heterocycles. The predicted octanol–water partition coefficient (Wildman–Crippen LogP) is 8.52. The van der Waals surface area contributed by atoms with E-state index in [0.29, 0.717) is 3.63 Å². The Bertz CT molecular complexity index is 1180. The maximum absolute atomic E-state index is 2.63. The SMILES string of the molecule is CC1=C(C)[CH]([Zr]([CH]2C(C)=C(c3ccccc3)c3c(C)ccc(C)c32)=[Si](C)C)C(C)=C1C. The number of aryl methyl sites for hydroxylation is 2. The summed E-state index contributed by atoms with van der Waals surface area (Å²) in [4.78, 5) is 0. The van der Waals surface area contributed by atoms with Crippen LogP contribution in [-0.4, -0.2) is 5.43 Å². The van der Waals surface area contributed by atoms with Crippen molar-refractivity contribution in [2.45, 2.75) is 68.8 Å². The molecule has 160 valence electrons. The van der Waals surface area contributed by atoms with Crippen LogP contribution in [0.25, 0.3) is 5.57 Å². The van der Waals surface area contributed by atoms with Gasteiger partial charge in [0.05, 0.1) is 0 Å². The topological polar surface area (TPSA) is 0 Å². The Kier molecular flexibility index (Phi) is 6.36. The average molecular weight is 504 g/mol. The Balaban J connectivity index is 2.04. The van der Waals surface area contributed by atoms with E-state index in [0.717, 1.165) is 3.63 Å². The van der Waals surface area contributed by atoms with E-state index in [1.807, 2.05) is 0 Å². The van der Waals surface area contributed by atoms with E-state index in [1.54, 1.807) is 39.0 Å². The summed E-state index contributed by atoms with van der Waals surface area (Å²) in [7, 11) is 0. The van der Waals surface area contributed by atoms with Crippen LogP contribution in [0.1, 0.15) is 66.1 Å². The molecule has 2 aromatic carbocycles. The molecule has 2 heteroatoms. The minimum absolute atomic E-state index is 0.364. The van der Waals surface area contributed by atoms with Gasteiger partial charge in [-0.25, -0.2) is 0 Å². The van der Waals surface area contributed by atoms with Crippen LogP contribution >= 0.6 is 0 Å². The second-order valence-electron chi connectivity index (χ2n) is 9.85. The number of hydrogen-bond acceptors (Lipinski definition) is 0. The molecule has 0 aliphatic heterocycles. The quantitative estimate of drug-likeness (QED) is 0.368. The Morgan fingerprint density at radius 1 is 0.645 bits per heavy atom. The summed E-state index contributed by atoms with van der Waals surface area (Å²) >= 11 is -1.95. The first kappa shape index (κ1) is 22.9. The first-order valence-electron chi connectivity index (χ1n) is 11.6. The van der Waals surface area contributed by atoms with Gasteiger partial charge in [0, 0.05) is 0 Å². The molecule has 0 spiro atoms. The van der Waals surface area contributed by atoms with Gasteiger partial charge in [0.15, 0.2) is 0 Å². The average Bonchev–Trinajstić information content (AvgIpc) is 3.15. The van der Waals surface area contributed by atoms with Crippen LogP contribution in [0.2, 0.25) is 16.7 Å². The van der Waals surface area contributed by atoms with Gasteiger partial charge in [-0.1, -0.05) is 0 Å². The summed E-state index contributed by atoms with van der Waals surface area (Å²) in [5.74, 6) is 0. The molecule has 0 amide bonds. The third-order valence-corrected chi connectivity index (χ3v) is 28.0. The number of allylic oxidation sites excluding steroid dienone is 5. The van der Waals surface area contributed by atoms with E-state index >= 15 is 0 Å². The molecule has 0 saturated carbocycles. The normalized spacial score (nSPS) is 18.9. The van der Waals surface area contributed by atoms with E-state index in [2.05, 4.69) is 104 Å². The van der Waals surface area contributed by atoms with E-state index in [4.69, 9.17) is 0 Å². The molecule has 1 atom stereocenters. The molecule has 0 nitrogen and oxygen atoms in total. The molecule has 0 heterocycles. The van der Waals surface area contributed by atoms with Gasteiger partial charge in [-0.3, -0.25) is 0 Å². The van der Waals surface area contributed by atoms with Crippen LogP contribution in [0.15, 0.2) is 70.3 Å². The van der Waals surface area contributed by atoms with Crippen LogP contribution in [0.5, 0.6) is 0 Å². The zero-order chi connectivity index (χ0) is 22.6. The standard InChI is InChI=1S/C18H17.C9H13.C2H6Si.Zr/c1-12-9-10-13(2)18-16(12)11-14(3)17(18)15-7-5-4-6-8-15;1-6-5-7(2)9(4)8(6)3;1-3-2;/h4-11H,1-3H3;5H,1-4H3;1-2H3;. The van der Waals surface area contributed by atoms with E-state index in [-0.39, 0.29) is 5.43 Å². The molecule has 1 unspecified atom stereocenters. The van der Waals surface area contributed by atoms with Crippen molar-refractivity contribution < 1.29 is 20.4 Å². The van der Waals surface area contributed by atoms with Crippen molar-refractivity contribution in [3.63, 3.8) is 0 Å². The number of hydrogen-bond donors (Lipinski definition) is 0. The van der Waals surface area contributed by atoms with Crippen LogP contribution in [0.3, 0.4) is 0 Å². The van der Waals surface area contributed by atoms with Crippen molar-refractivity contribution >= 4 is 11.0 Å². The van der Waals surface area contributed by atoms with Crippen molar-refractivity contribution in [3.8, 4) is 0 Å². The zero-order valence-electron chi connectivity index (χ0n) is 20.7. The van der Waals surface area contributed by atoms with Crippen LogP contribution in [0.4, 0.5) is 0 Å². The van der Waals surface area contributed by atoms with E-state index < -0.39 is 20.4 Å². The third-order valence-electron chi connectivity index (χ3n) is 7.91. The van der Waals surface area contributed by atoms with Crippen molar-refractivity contribution in [2.24, 2.45) is 0 Å². The summed E-state index contributed by atoms with van der Waals surface area (Å²) in [6.45, 7) is 22.0. The summed E-state index contributed by atoms with van der Waals surface area (Å²) in [5, 5.41) is 0. The molecular weight excluding hydrogens is 468 g/mol. The van der Waals surface area contributed by atoms with Gasteiger partial charge in [0.1, 0.15) is 0 Å². The zero-order valence-corrected chi connectivity index (χ0v) is 24.2. The van der Waals surface area contributed by atoms with E-state index in [1.165, 1.54) is 22.3 Å². The maximum atomic E-state index is 2.63. The van der Waals surface area contributed by atoms with Crippen LogP contribution in [-0.2, 0) is 20.4 Å². The summed E-state index contributed by atoms with van der Waals surface area (Å²) in [6, 6.07) is 15.9. The molecule has 0 bridgehead atoms. The van der Waals surface area contributed by atoms with E-state index in [9.17, 15) is 0 Å². The Labute approximate surface area is 197 Å². The fourth-order valence-electron chi connectivity index (χ4n) is 6.02. The molecule has 2 aliphatic carbocycles. The Morgan fingerprint density at radius 3 is 1.74 bits per heavy atom. The number of rotatable bonds is 3. The van der Waals surface area contributed by atoms with Gasteiger partial charge in [0.25, 0.3) is 0 Å². The molecule has 2 aromatic rings. The first-order valence-corrected chi connectivity index (χ1v) is 20.6. The molecule has 0 fully saturated rings. The van der Waals surface area contributed by atoms with Gasteiger partial charge in [-0.2, -0.15) is 0 Å². The number of benzene rings is 2. The summed E-state index contributed by atoms with van der Waals surface area (Å²) in [6.07, 6.45) is 0. The molecule has 2 aliphatic rings. The molecule has 0 saturated heterocycles. The monoisotopic (exact) mass is 502 g/mol. The Hall–Kier alpha value is -1.24. The van der Waals surface area contributed by atoms with Crippen LogP contribution in [0, 0.1) is 13.8 Å². The van der Waals surface area contributed by atoms with Gasteiger partial charge in [-0.15, -0.1) is 0 Å². The fourth-order valence-corrected chi connectivity index (χ4v) is 27.7. The molecule has 4 rings (SSSR count). The number of fused-ring (bicyclic) bond motifs is 1. The van der Waals surface area contributed by atoms with Crippen LogP contribution < -0.4 is 0 Å². The van der Waals surface area contributed by atoms with Gasteiger partial charge in [-0.05, 0) is 0 Å². The molecular formula is C29H36SiZr. The molecule has 0 N–H and O–H groups in total. The third kappa shape index (κ3) is 3.59. The summed E-state index contributed by atoms with van der Waals surface area (Å²) in [5.41, 5.74) is 17.0. The molecule has 0 radical (unpaired) electrons. The summed E-state index contributed by atoms with van der Waals surface area (Å²) < 4.78 is 1.47.